The lowest BCUT2D eigenvalue weighted by Gasteiger charge is -2.23. The average molecular weight is 530 g/mol. The molecule has 0 radical (unpaired) electrons. The van der Waals surface area contributed by atoms with Crippen LogP contribution in [0.2, 0.25) is 0 Å². The van der Waals surface area contributed by atoms with Crippen molar-refractivity contribution in [1.82, 2.24) is 15.1 Å². The van der Waals surface area contributed by atoms with Crippen molar-refractivity contribution in [1.29, 1.82) is 0 Å². The van der Waals surface area contributed by atoms with Crippen LogP contribution in [0.1, 0.15) is 16.7 Å². The quantitative estimate of drug-likeness (QED) is 0.321. The van der Waals surface area contributed by atoms with Gasteiger partial charge in [-0.25, -0.2) is 4.39 Å². The van der Waals surface area contributed by atoms with E-state index in [-0.39, 0.29) is 29.8 Å². The number of methoxy groups -OCH3 is 2. The first-order valence-corrected chi connectivity index (χ1v) is 9.42. The van der Waals surface area contributed by atoms with Gasteiger partial charge in [-0.05, 0) is 43.9 Å². The Balaban J connectivity index is 0.00000450. The molecule has 1 N–H and O–H groups in total. The lowest BCUT2D eigenvalue weighted by molar-refractivity contribution is 0.382. The van der Waals surface area contributed by atoms with E-state index in [4.69, 9.17) is 9.47 Å². The second kappa shape index (κ2) is 12.6. The lowest BCUT2D eigenvalue weighted by atomic mass is 10.1. The van der Waals surface area contributed by atoms with Crippen molar-refractivity contribution >= 4 is 29.9 Å². The van der Waals surface area contributed by atoms with Gasteiger partial charge in [-0.3, -0.25) is 4.99 Å². The van der Waals surface area contributed by atoms with E-state index in [2.05, 4.69) is 10.3 Å². The maximum absolute atomic E-state index is 14.0. The highest BCUT2D eigenvalue weighted by Crippen LogP contribution is 2.25. The fourth-order valence-corrected chi connectivity index (χ4v) is 3.08. The normalized spacial score (nSPS) is 11.1. The topological polar surface area (TPSA) is 49.3 Å². The third-order valence-electron chi connectivity index (χ3n) is 4.52. The number of nitrogens with zero attached hydrogens (tertiary/aromatic N) is 3. The highest BCUT2D eigenvalue weighted by atomic mass is 127. The van der Waals surface area contributed by atoms with E-state index in [9.17, 15) is 4.39 Å². The van der Waals surface area contributed by atoms with Gasteiger partial charge in [-0.15, -0.1) is 24.0 Å². The number of nitrogens with one attached hydrogen (secondary N) is 1. The molecular formula is C22H32FIN4O2. The summed E-state index contributed by atoms with van der Waals surface area (Å²) < 4.78 is 24.7. The number of ether oxygens (including phenoxy) is 2. The van der Waals surface area contributed by atoms with Crippen LogP contribution in [0.25, 0.3) is 0 Å². The summed E-state index contributed by atoms with van der Waals surface area (Å²) in [7, 11) is 10.8. The summed E-state index contributed by atoms with van der Waals surface area (Å²) in [6, 6.07) is 11.0. The smallest absolute Gasteiger partial charge is 0.193 e. The summed E-state index contributed by atoms with van der Waals surface area (Å²) in [4.78, 5) is 8.32. The highest BCUT2D eigenvalue weighted by Gasteiger charge is 2.12. The Labute approximate surface area is 196 Å². The van der Waals surface area contributed by atoms with E-state index in [1.54, 1.807) is 27.3 Å². The van der Waals surface area contributed by atoms with Crippen molar-refractivity contribution in [2.24, 2.45) is 4.99 Å². The molecule has 2 rings (SSSR count). The number of halogens is 2. The van der Waals surface area contributed by atoms with Crippen LogP contribution in [-0.4, -0.2) is 58.2 Å². The third-order valence-corrected chi connectivity index (χ3v) is 4.52. The van der Waals surface area contributed by atoms with Crippen molar-refractivity contribution in [3.05, 3.63) is 58.9 Å². The van der Waals surface area contributed by atoms with Gasteiger partial charge < -0.3 is 24.6 Å². The Morgan fingerprint density at radius 2 is 1.73 bits per heavy atom. The summed E-state index contributed by atoms with van der Waals surface area (Å²) in [5, 5.41) is 3.34. The summed E-state index contributed by atoms with van der Waals surface area (Å²) in [5.41, 5.74) is 2.70. The molecule has 0 spiro atoms. The van der Waals surface area contributed by atoms with Crippen molar-refractivity contribution in [3.8, 4) is 11.5 Å². The monoisotopic (exact) mass is 530 g/mol. The van der Waals surface area contributed by atoms with Crippen molar-refractivity contribution < 1.29 is 13.9 Å². The Bertz CT molecular complexity index is 846. The van der Waals surface area contributed by atoms with Gasteiger partial charge in [0.05, 0.1) is 14.2 Å². The van der Waals surface area contributed by atoms with Gasteiger partial charge in [-0.1, -0.05) is 6.07 Å². The predicted molar refractivity (Wildman–Crippen MR) is 130 cm³/mol. The molecule has 0 unspecified atom stereocenters. The largest absolute Gasteiger partial charge is 0.497 e. The fraction of sp³-hybridized carbons (Fsp3) is 0.409. The van der Waals surface area contributed by atoms with E-state index < -0.39 is 0 Å². The maximum atomic E-state index is 14.0. The van der Waals surface area contributed by atoms with Gasteiger partial charge in [0.1, 0.15) is 17.3 Å². The van der Waals surface area contributed by atoms with Crippen LogP contribution in [-0.2, 0) is 19.6 Å². The van der Waals surface area contributed by atoms with Gasteiger partial charge in [0.15, 0.2) is 5.96 Å². The number of hydrogen-bond acceptors (Lipinski definition) is 4. The SMILES string of the molecule is CN=C(NCc1ccc(F)c(CN(C)C)c1)N(C)Cc1ccc(OC)cc1OC.I. The Kier molecular flexibility index (Phi) is 10.9. The number of rotatable bonds is 8. The molecule has 2 aromatic carbocycles. The van der Waals surface area contributed by atoms with Gasteiger partial charge >= 0.3 is 0 Å². The molecule has 6 nitrogen and oxygen atoms in total. The van der Waals surface area contributed by atoms with Gasteiger partial charge in [0.25, 0.3) is 0 Å². The molecule has 0 atom stereocenters. The first kappa shape index (κ1) is 26.0. The zero-order valence-corrected chi connectivity index (χ0v) is 20.9. The minimum absolute atomic E-state index is 0. The highest BCUT2D eigenvalue weighted by molar-refractivity contribution is 14.0. The van der Waals surface area contributed by atoms with Crippen molar-refractivity contribution in [3.63, 3.8) is 0 Å². The summed E-state index contributed by atoms with van der Waals surface area (Å²) in [6.45, 7) is 1.73. The van der Waals surface area contributed by atoms with Crippen LogP contribution < -0.4 is 14.8 Å². The molecule has 0 aliphatic heterocycles. The van der Waals surface area contributed by atoms with E-state index >= 15 is 0 Å². The summed E-state index contributed by atoms with van der Waals surface area (Å²) in [6.07, 6.45) is 0. The second-order valence-corrected chi connectivity index (χ2v) is 7.10. The van der Waals surface area contributed by atoms with Crippen LogP contribution in [0, 0.1) is 5.82 Å². The van der Waals surface area contributed by atoms with E-state index in [0.29, 0.717) is 25.2 Å². The first-order chi connectivity index (χ1) is 13.9. The molecule has 0 aliphatic carbocycles. The van der Waals surface area contributed by atoms with Crippen LogP contribution >= 0.6 is 24.0 Å². The zero-order chi connectivity index (χ0) is 21.4. The molecule has 0 fully saturated rings. The fourth-order valence-electron chi connectivity index (χ4n) is 3.08. The summed E-state index contributed by atoms with van der Waals surface area (Å²) >= 11 is 0. The zero-order valence-electron chi connectivity index (χ0n) is 18.5. The van der Waals surface area contributed by atoms with E-state index in [0.717, 1.165) is 28.6 Å². The Morgan fingerprint density at radius 3 is 2.33 bits per heavy atom. The lowest BCUT2D eigenvalue weighted by Crippen LogP contribution is -2.38. The molecule has 30 heavy (non-hydrogen) atoms. The molecule has 0 saturated carbocycles. The molecule has 0 heterocycles. The summed E-state index contributed by atoms with van der Waals surface area (Å²) in [5.74, 6) is 2.07. The molecule has 0 amide bonds. The molecule has 0 aliphatic rings. The van der Waals surface area contributed by atoms with E-state index in [1.165, 1.54) is 6.07 Å². The minimum Gasteiger partial charge on any atom is -0.497 e. The third kappa shape index (κ3) is 7.32. The first-order valence-electron chi connectivity index (χ1n) is 9.42. The van der Waals surface area contributed by atoms with Gasteiger partial charge in [-0.2, -0.15) is 0 Å². The van der Waals surface area contributed by atoms with E-state index in [1.807, 2.05) is 55.2 Å². The molecule has 0 aromatic heterocycles. The molecule has 2 aromatic rings. The van der Waals surface area contributed by atoms with Crippen molar-refractivity contribution in [2.45, 2.75) is 19.6 Å². The molecule has 8 heteroatoms. The van der Waals surface area contributed by atoms with Gasteiger partial charge in [0, 0.05) is 50.9 Å². The second-order valence-electron chi connectivity index (χ2n) is 7.10. The Morgan fingerprint density at radius 1 is 1.00 bits per heavy atom. The number of hydrogen-bond donors (Lipinski definition) is 1. The predicted octanol–water partition coefficient (Wildman–Crippen LogP) is 3.73. The van der Waals surface area contributed by atoms with Crippen LogP contribution in [0.15, 0.2) is 41.4 Å². The van der Waals surface area contributed by atoms with Crippen LogP contribution in [0.5, 0.6) is 11.5 Å². The molecule has 0 bridgehead atoms. The maximum Gasteiger partial charge on any atom is 0.193 e. The minimum atomic E-state index is -0.185. The number of guanidine groups is 1. The van der Waals surface area contributed by atoms with Crippen molar-refractivity contribution in [2.75, 3.05) is 42.4 Å². The van der Waals surface area contributed by atoms with Crippen LogP contribution in [0.4, 0.5) is 4.39 Å². The van der Waals surface area contributed by atoms with Crippen LogP contribution in [0.3, 0.4) is 0 Å². The molecular weight excluding hydrogens is 498 g/mol. The van der Waals surface area contributed by atoms with Gasteiger partial charge in [0.2, 0.25) is 0 Å². The molecule has 0 saturated heterocycles. The average Bonchev–Trinajstić information content (AvgIpc) is 2.70. The number of benzene rings is 2. The molecule has 166 valence electrons. The standard InChI is InChI=1S/C22H31FN4O2.HI/c1-24-22(25-13-16-7-10-20(23)18(11-16)14-26(2)3)27(4)15-17-8-9-19(28-5)12-21(17)29-6;/h7-12H,13-15H2,1-6H3,(H,24,25);1H. The Hall–Kier alpha value is -2.07. The number of aliphatic imine (C=N–C) groups is 1.